The minimum absolute atomic E-state index is 0.0871. The van der Waals surface area contributed by atoms with Crippen LogP contribution in [0.2, 0.25) is 0 Å². The summed E-state index contributed by atoms with van der Waals surface area (Å²) >= 11 is 0. The highest BCUT2D eigenvalue weighted by Crippen LogP contribution is 2.32. The Balaban J connectivity index is 1.42. The number of pyridine rings is 1. The standard InChI is InChI=1S/C24H20N4O5/c29-21(26-12-17-8-9-19-20(11-17)33-15-32-19)14-27-18-7-4-10-25-22(18)23(30)28(24(27)31)13-16-5-2-1-3-6-16/h1-11H,12-15H2,(H,26,29). The lowest BCUT2D eigenvalue weighted by atomic mass is 10.2. The van der Waals surface area contributed by atoms with Crippen LogP contribution in [0.3, 0.4) is 0 Å². The van der Waals surface area contributed by atoms with Gasteiger partial charge in [0.2, 0.25) is 12.7 Å². The molecule has 0 spiro atoms. The number of amides is 1. The fourth-order valence-corrected chi connectivity index (χ4v) is 3.75. The second-order valence-corrected chi connectivity index (χ2v) is 7.58. The maximum absolute atomic E-state index is 13.2. The summed E-state index contributed by atoms with van der Waals surface area (Å²) in [7, 11) is 0. The fourth-order valence-electron chi connectivity index (χ4n) is 3.75. The van der Waals surface area contributed by atoms with Gasteiger partial charge in [-0.25, -0.2) is 9.78 Å². The largest absolute Gasteiger partial charge is 0.454 e. The smallest absolute Gasteiger partial charge is 0.332 e. The van der Waals surface area contributed by atoms with E-state index in [1.54, 1.807) is 24.3 Å². The number of benzene rings is 2. The van der Waals surface area contributed by atoms with Gasteiger partial charge in [-0.1, -0.05) is 36.4 Å². The molecule has 0 bridgehead atoms. The van der Waals surface area contributed by atoms with Crippen LogP contribution in [0.1, 0.15) is 11.1 Å². The van der Waals surface area contributed by atoms with Crippen LogP contribution in [0.25, 0.3) is 11.0 Å². The van der Waals surface area contributed by atoms with Crippen molar-refractivity contribution in [1.82, 2.24) is 19.4 Å². The van der Waals surface area contributed by atoms with Gasteiger partial charge >= 0.3 is 5.69 Å². The van der Waals surface area contributed by atoms with E-state index in [2.05, 4.69) is 10.3 Å². The fraction of sp³-hybridized carbons (Fsp3) is 0.167. The highest BCUT2D eigenvalue weighted by molar-refractivity contribution is 5.79. The molecule has 2 aromatic heterocycles. The lowest BCUT2D eigenvalue weighted by Crippen LogP contribution is -2.43. The van der Waals surface area contributed by atoms with E-state index in [1.165, 1.54) is 10.8 Å². The Bertz CT molecular complexity index is 1460. The van der Waals surface area contributed by atoms with E-state index < -0.39 is 11.2 Å². The van der Waals surface area contributed by atoms with Crippen molar-refractivity contribution < 1.29 is 14.3 Å². The monoisotopic (exact) mass is 444 g/mol. The van der Waals surface area contributed by atoms with Gasteiger partial charge < -0.3 is 14.8 Å². The third-order valence-electron chi connectivity index (χ3n) is 5.40. The summed E-state index contributed by atoms with van der Waals surface area (Å²) in [5, 5.41) is 2.81. The average Bonchev–Trinajstić information content (AvgIpc) is 3.32. The third-order valence-corrected chi connectivity index (χ3v) is 5.40. The summed E-state index contributed by atoms with van der Waals surface area (Å²) in [6.07, 6.45) is 1.49. The Morgan fingerprint density at radius 3 is 2.61 bits per heavy atom. The van der Waals surface area contributed by atoms with Crippen LogP contribution in [0.15, 0.2) is 76.4 Å². The van der Waals surface area contributed by atoms with Gasteiger partial charge in [-0.15, -0.1) is 0 Å². The molecule has 3 heterocycles. The van der Waals surface area contributed by atoms with Crippen LogP contribution in [0, 0.1) is 0 Å². The van der Waals surface area contributed by atoms with Gasteiger partial charge in [-0.3, -0.25) is 18.7 Å². The van der Waals surface area contributed by atoms with Crippen LogP contribution in [0.5, 0.6) is 11.5 Å². The van der Waals surface area contributed by atoms with E-state index in [-0.39, 0.29) is 37.9 Å². The molecule has 1 aliphatic heterocycles. The second kappa shape index (κ2) is 8.62. The number of hydrogen-bond acceptors (Lipinski definition) is 6. The van der Waals surface area contributed by atoms with E-state index in [0.29, 0.717) is 17.0 Å². The van der Waals surface area contributed by atoms with Crippen LogP contribution >= 0.6 is 0 Å². The summed E-state index contributed by atoms with van der Waals surface area (Å²) in [5.74, 6) is 0.920. The predicted molar refractivity (Wildman–Crippen MR) is 120 cm³/mol. The first-order valence-electron chi connectivity index (χ1n) is 10.4. The SMILES string of the molecule is O=C(Cn1c(=O)n(Cc2ccccc2)c(=O)c2ncccc21)NCc1ccc2c(c1)OCO2. The number of ether oxygens (including phenoxy) is 2. The van der Waals surface area contributed by atoms with Crippen LogP contribution < -0.4 is 26.0 Å². The number of carbonyl (C=O) groups is 1. The van der Waals surface area contributed by atoms with E-state index in [9.17, 15) is 14.4 Å². The van der Waals surface area contributed by atoms with Gasteiger partial charge in [0, 0.05) is 12.7 Å². The van der Waals surface area contributed by atoms with Crippen LogP contribution in [0.4, 0.5) is 0 Å². The number of nitrogens with one attached hydrogen (secondary N) is 1. The molecule has 9 nitrogen and oxygen atoms in total. The van der Waals surface area contributed by atoms with E-state index in [4.69, 9.17) is 9.47 Å². The molecule has 9 heteroatoms. The highest BCUT2D eigenvalue weighted by Gasteiger charge is 2.17. The zero-order chi connectivity index (χ0) is 22.8. The molecule has 5 rings (SSSR count). The van der Waals surface area contributed by atoms with Gasteiger partial charge in [0.05, 0.1) is 12.1 Å². The summed E-state index contributed by atoms with van der Waals surface area (Å²) in [6, 6.07) is 17.8. The number of fused-ring (bicyclic) bond motifs is 2. The normalized spacial score (nSPS) is 12.1. The second-order valence-electron chi connectivity index (χ2n) is 7.58. The molecule has 4 aromatic rings. The number of aromatic nitrogens is 3. The summed E-state index contributed by atoms with van der Waals surface area (Å²) in [5.41, 5.74) is 1.03. The maximum atomic E-state index is 13.2. The molecular formula is C24H20N4O5. The molecule has 0 radical (unpaired) electrons. The van der Waals surface area contributed by atoms with Gasteiger partial charge in [-0.2, -0.15) is 0 Å². The summed E-state index contributed by atoms with van der Waals surface area (Å²) in [6.45, 7) is 0.266. The Morgan fingerprint density at radius 2 is 1.76 bits per heavy atom. The number of carbonyl (C=O) groups excluding carboxylic acids is 1. The van der Waals surface area contributed by atoms with Crippen molar-refractivity contribution in [3.63, 3.8) is 0 Å². The number of hydrogen-bond donors (Lipinski definition) is 1. The van der Waals surface area contributed by atoms with E-state index >= 15 is 0 Å². The molecule has 0 aliphatic carbocycles. The first-order valence-corrected chi connectivity index (χ1v) is 10.4. The zero-order valence-corrected chi connectivity index (χ0v) is 17.6. The lowest BCUT2D eigenvalue weighted by Gasteiger charge is -2.14. The molecule has 0 saturated heterocycles. The maximum Gasteiger partial charge on any atom is 0.332 e. The van der Waals surface area contributed by atoms with Gasteiger partial charge in [0.1, 0.15) is 6.54 Å². The van der Waals surface area contributed by atoms with Crippen molar-refractivity contribution in [2.24, 2.45) is 0 Å². The summed E-state index contributed by atoms with van der Waals surface area (Å²) in [4.78, 5) is 43.1. The lowest BCUT2D eigenvalue weighted by molar-refractivity contribution is -0.121. The minimum atomic E-state index is -0.567. The molecule has 1 N–H and O–H groups in total. The number of nitrogens with zero attached hydrogens (tertiary/aromatic N) is 3. The molecule has 1 amide bonds. The van der Waals surface area contributed by atoms with Crippen molar-refractivity contribution in [2.75, 3.05) is 6.79 Å². The molecule has 1 aliphatic rings. The molecule has 166 valence electrons. The molecule has 0 atom stereocenters. The Hall–Kier alpha value is -4.40. The average molecular weight is 444 g/mol. The first kappa shape index (κ1) is 20.5. The predicted octanol–water partition coefficient (Wildman–Crippen LogP) is 1.65. The topological polar surface area (TPSA) is 104 Å². The van der Waals surface area contributed by atoms with Crippen molar-refractivity contribution in [1.29, 1.82) is 0 Å². The highest BCUT2D eigenvalue weighted by atomic mass is 16.7. The molecule has 0 fully saturated rings. The van der Waals surface area contributed by atoms with Gasteiger partial charge in [-0.05, 0) is 35.4 Å². The van der Waals surface area contributed by atoms with Gasteiger partial charge in [0.15, 0.2) is 17.0 Å². The Morgan fingerprint density at radius 1 is 0.939 bits per heavy atom. The molecule has 2 aromatic carbocycles. The molecule has 0 unspecified atom stereocenters. The van der Waals surface area contributed by atoms with Crippen molar-refractivity contribution in [3.8, 4) is 11.5 Å². The van der Waals surface area contributed by atoms with Crippen LogP contribution in [-0.2, 0) is 24.4 Å². The Kier molecular flexibility index (Phi) is 5.35. The van der Waals surface area contributed by atoms with Crippen molar-refractivity contribution in [3.05, 3.63) is 98.8 Å². The zero-order valence-electron chi connectivity index (χ0n) is 17.6. The van der Waals surface area contributed by atoms with E-state index in [0.717, 1.165) is 15.7 Å². The van der Waals surface area contributed by atoms with Crippen molar-refractivity contribution in [2.45, 2.75) is 19.6 Å². The third kappa shape index (κ3) is 4.08. The van der Waals surface area contributed by atoms with Crippen LogP contribution in [-0.4, -0.2) is 26.8 Å². The summed E-state index contributed by atoms with van der Waals surface area (Å²) < 4.78 is 13.0. The molecule has 0 saturated carbocycles. The Labute approximate surface area is 187 Å². The first-order chi connectivity index (χ1) is 16.1. The molecular weight excluding hydrogens is 424 g/mol. The quantitative estimate of drug-likeness (QED) is 0.485. The van der Waals surface area contributed by atoms with Gasteiger partial charge in [0.25, 0.3) is 5.56 Å². The van der Waals surface area contributed by atoms with Crippen molar-refractivity contribution >= 4 is 16.9 Å². The molecule has 33 heavy (non-hydrogen) atoms. The minimum Gasteiger partial charge on any atom is -0.454 e. The number of rotatable bonds is 6. The van der Waals surface area contributed by atoms with E-state index in [1.807, 2.05) is 36.4 Å².